The lowest BCUT2D eigenvalue weighted by Gasteiger charge is -2.19. The van der Waals surface area contributed by atoms with Gasteiger partial charge >= 0.3 is 11.7 Å². The number of aromatic nitrogens is 2. The molecule has 3 aromatic heterocycles. The summed E-state index contributed by atoms with van der Waals surface area (Å²) in [6.07, 6.45) is 3.51. The first-order valence-corrected chi connectivity index (χ1v) is 9.74. The average Bonchev–Trinajstić information content (AvgIpc) is 3.33. The molecule has 0 bridgehead atoms. The lowest BCUT2D eigenvalue weighted by molar-refractivity contribution is 0.191. The number of anilines is 1. The number of nitrogens with one attached hydrogen (secondary N) is 1. The van der Waals surface area contributed by atoms with Crippen LogP contribution in [0.4, 0.5) is 10.5 Å². The first-order chi connectivity index (χ1) is 14.5. The van der Waals surface area contributed by atoms with Crippen LogP contribution in [0.25, 0.3) is 27.9 Å². The highest BCUT2D eigenvalue weighted by Gasteiger charge is 2.24. The Hall–Kier alpha value is -3.81. The van der Waals surface area contributed by atoms with Crippen molar-refractivity contribution in [3.63, 3.8) is 0 Å². The number of imidazole rings is 1. The molecule has 2 N–H and O–H groups in total. The van der Waals surface area contributed by atoms with Crippen molar-refractivity contribution in [2.24, 2.45) is 0 Å². The molecule has 1 atom stereocenters. The number of hydrogen-bond acceptors (Lipinski definition) is 5. The summed E-state index contributed by atoms with van der Waals surface area (Å²) in [7, 11) is 0. The molecule has 1 fully saturated rings. The SMILES string of the molecule is Cc1ccc2nc(-c3cc4ccc(N5CC[C@H](NC(=O)O)C5)cc4oc3=O)cn2c1. The standard InChI is InChI=1S/C22H20N4O4/c1-13-2-5-20-24-18(12-26(20)10-13)17-8-14-3-4-16(9-19(14)30-21(17)27)25-7-6-15(11-25)23-22(28)29/h2-5,8-10,12,15,23H,6-7,11H2,1H3,(H,28,29)/t15-/m0/s1. The number of carboxylic acid groups (broad SMARTS) is 1. The van der Waals surface area contributed by atoms with E-state index in [0.717, 1.165) is 35.2 Å². The van der Waals surface area contributed by atoms with E-state index in [-0.39, 0.29) is 6.04 Å². The number of nitrogens with zero attached hydrogens (tertiary/aromatic N) is 3. The van der Waals surface area contributed by atoms with Crippen LogP contribution < -0.4 is 15.8 Å². The van der Waals surface area contributed by atoms with Gasteiger partial charge in [-0.3, -0.25) is 0 Å². The van der Waals surface area contributed by atoms with Gasteiger partial charge in [0.2, 0.25) is 0 Å². The van der Waals surface area contributed by atoms with Crippen LogP contribution in [-0.2, 0) is 0 Å². The van der Waals surface area contributed by atoms with E-state index < -0.39 is 11.7 Å². The van der Waals surface area contributed by atoms with E-state index in [1.807, 2.05) is 54.0 Å². The van der Waals surface area contributed by atoms with E-state index >= 15 is 0 Å². The van der Waals surface area contributed by atoms with Gasteiger partial charge in [0, 0.05) is 42.6 Å². The third-order valence-electron chi connectivity index (χ3n) is 5.48. The predicted molar refractivity (Wildman–Crippen MR) is 113 cm³/mol. The summed E-state index contributed by atoms with van der Waals surface area (Å²) in [6.45, 7) is 3.32. The summed E-state index contributed by atoms with van der Waals surface area (Å²) in [4.78, 5) is 30.2. The molecule has 1 aromatic carbocycles. The van der Waals surface area contributed by atoms with E-state index in [4.69, 9.17) is 9.52 Å². The van der Waals surface area contributed by atoms with Crippen molar-refractivity contribution in [1.82, 2.24) is 14.7 Å². The molecular formula is C22H20N4O4. The number of benzene rings is 1. The number of carbonyl (C=O) groups is 1. The Labute approximate surface area is 171 Å². The molecule has 5 rings (SSSR count). The van der Waals surface area contributed by atoms with Crippen LogP contribution in [0.2, 0.25) is 0 Å². The average molecular weight is 404 g/mol. The number of aryl methyl sites for hydroxylation is 1. The third-order valence-corrected chi connectivity index (χ3v) is 5.48. The van der Waals surface area contributed by atoms with Crippen LogP contribution in [0.5, 0.6) is 0 Å². The largest absolute Gasteiger partial charge is 0.465 e. The van der Waals surface area contributed by atoms with Crippen molar-refractivity contribution < 1.29 is 14.3 Å². The highest BCUT2D eigenvalue weighted by Crippen LogP contribution is 2.27. The van der Waals surface area contributed by atoms with Gasteiger partial charge in [0.05, 0.1) is 17.3 Å². The van der Waals surface area contributed by atoms with E-state index in [2.05, 4.69) is 15.2 Å². The van der Waals surface area contributed by atoms with Crippen LogP contribution >= 0.6 is 0 Å². The summed E-state index contributed by atoms with van der Waals surface area (Å²) >= 11 is 0. The van der Waals surface area contributed by atoms with E-state index in [9.17, 15) is 9.59 Å². The van der Waals surface area contributed by atoms with Gasteiger partial charge in [0.1, 0.15) is 11.2 Å². The van der Waals surface area contributed by atoms with E-state index in [1.54, 1.807) is 6.07 Å². The van der Waals surface area contributed by atoms with Crippen LogP contribution in [0, 0.1) is 6.92 Å². The molecule has 0 spiro atoms. The second kappa shape index (κ2) is 6.91. The minimum atomic E-state index is -1.01. The van der Waals surface area contributed by atoms with Gasteiger partial charge in [-0.25, -0.2) is 14.6 Å². The molecule has 152 valence electrons. The van der Waals surface area contributed by atoms with Crippen LogP contribution in [0.3, 0.4) is 0 Å². The fourth-order valence-electron chi connectivity index (χ4n) is 4.00. The second-order valence-corrected chi connectivity index (χ2v) is 7.65. The van der Waals surface area contributed by atoms with Crippen molar-refractivity contribution in [2.45, 2.75) is 19.4 Å². The highest BCUT2D eigenvalue weighted by atomic mass is 16.4. The monoisotopic (exact) mass is 404 g/mol. The fraction of sp³-hybridized carbons (Fsp3) is 0.227. The Morgan fingerprint density at radius 2 is 2.10 bits per heavy atom. The molecule has 0 saturated carbocycles. The number of hydrogen-bond donors (Lipinski definition) is 2. The number of rotatable bonds is 3. The molecule has 4 heterocycles. The lowest BCUT2D eigenvalue weighted by Crippen LogP contribution is -2.36. The van der Waals surface area contributed by atoms with Gasteiger partial charge < -0.3 is 24.1 Å². The molecule has 0 radical (unpaired) electrons. The van der Waals surface area contributed by atoms with Gasteiger partial charge in [-0.05, 0) is 43.2 Å². The quantitative estimate of drug-likeness (QED) is 0.509. The van der Waals surface area contributed by atoms with E-state index in [0.29, 0.717) is 23.4 Å². The molecule has 8 heteroatoms. The van der Waals surface area contributed by atoms with Crippen LogP contribution in [0.1, 0.15) is 12.0 Å². The Kier molecular flexibility index (Phi) is 4.20. The topological polar surface area (TPSA) is 100 Å². The summed E-state index contributed by atoms with van der Waals surface area (Å²) in [6, 6.07) is 11.3. The number of pyridine rings is 1. The summed E-state index contributed by atoms with van der Waals surface area (Å²) in [5.41, 5.74) is 3.82. The molecule has 1 aliphatic heterocycles. The molecular weight excluding hydrogens is 384 g/mol. The first kappa shape index (κ1) is 18.2. The maximum absolute atomic E-state index is 12.7. The summed E-state index contributed by atoms with van der Waals surface area (Å²) < 4.78 is 7.51. The molecule has 0 aliphatic carbocycles. The predicted octanol–water partition coefficient (Wildman–Crippen LogP) is 3.26. The van der Waals surface area contributed by atoms with Crippen LogP contribution in [-0.4, -0.2) is 39.7 Å². The van der Waals surface area contributed by atoms with Crippen LogP contribution in [0.15, 0.2) is 58.0 Å². The molecule has 0 unspecified atom stereocenters. The molecule has 4 aromatic rings. The van der Waals surface area contributed by atoms with Crippen molar-refractivity contribution >= 4 is 28.4 Å². The first-order valence-electron chi connectivity index (χ1n) is 9.74. The van der Waals surface area contributed by atoms with Gasteiger partial charge in [-0.15, -0.1) is 0 Å². The number of amides is 1. The van der Waals surface area contributed by atoms with Gasteiger partial charge in [-0.1, -0.05) is 6.07 Å². The molecule has 1 saturated heterocycles. The van der Waals surface area contributed by atoms with Crippen molar-refractivity contribution in [1.29, 1.82) is 0 Å². The normalized spacial score (nSPS) is 16.4. The Bertz CT molecular complexity index is 1340. The summed E-state index contributed by atoms with van der Waals surface area (Å²) in [5, 5.41) is 12.2. The van der Waals surface area contributed by atoms with Crippen molar-refractivity contribution in [3.8, 4) is 11.3 Å². The van der Waals surface area contributed by atoms with Gasteiger partial charge in [0.15, 0.2) is 0 Å². The summed E-state index contributed by atoms with van der Waals surface area (Å²) in [5.74, 6) is 0. The maximum atomic E-state index is 12.7. The molecule has 30 heavy (non-hydrogen) atoms. The molecule has 1 aliphatic rings. The Morgan fingerprint density at radius 1 is 1.23 bits per heavy atom. The fourth-order valence-corrected chi connectivity index (χ4v) is 4.00. The zero-order chi connectivity index (χ0) is 20.8. The zero-order valence-electron chi connectivity index (χ0n) is 16.3. The molecule has 8 nitrogen and oxygen atoms in total. The number of fused-ring (bicyclic) bond motifs is 2. The lowest BCUT2D eigenvalue weighted by atomic mass is 10.1. The van der Waals surface area contributed by atoms with Gasteiger partial charge in [0.25, 0.3) is 0 Å². The van der Waals surface area contributed by atoms with Gasteiger partial charge in [-0.2, -0.15) is 0 Å². The Morgan fingerprint density at radius 3 is 2.93 bits per heavy atom. The minimum Gasteiger partial charge on any atom is -0.465 e. The third kappa shape index (κ3) is 3.26. The van der Waals surface area contributed by atoms with Crippen molar-refractivity contribution in [2.75, 3.05) is 18.0 Å². The highest BCUT2D eigenvalue weighted by molar-refractivity contribution is 5.84. The smallest absolute Gasteiger partial charge is 0.404 e. The maximum Gasteiger partial charge on any atom is 0.404 e. The zero-order valence-corrected chi connectivity index (χ0v) is 16.3. The van der Waals surface area contributed by atoms with E-state index in [1.165, 1.54) is 0 Å². The van der Waals surface area contributed by atoms with Crippen molar-refractivity contribution in [3.05, 3.63) is 64.8 Å². The minimum absolute atomic E-state index is 0.105. The molecule has 1 amide bonds. The Balaban J connectivity index is 1.48. The second-order valence-electron chi connectivity index (χ2n) is 7.65.